The van der Waals surface area contributed by atoms with E-state index in [-0.39, 0.29) is 34.1 Å². The molecule has 1 unspecified atom stereocenters. The van der Waals surface area contributed by atoms with Crippen LogP contribution < -0.4 is 15.4 Å². The minimum absolute atomic E-state index is 0.0204. The molecule has 3 heterocycles. The van der Waals surface area contributed by atoms with Crippen LogP contribution in [-0.2, 0) is 38.9 Å². The number of carbonyl (C=O) groups is 1. The zero-order valence-electron chi connectivity index (χ0n) is 21.7. The molecule has 0 radical (unpaired) electrons. The van der Waals surface area contributed by atoms with Gasteiger partial charge in [0, 0.05) is 19.5 Å². The van der Waals surface area contributed by atoms with E-state index in [9.17, 15) is 17.6 Å². The number of methoxy groups -OCH3 is 1. The van der Waals surface area contributed by atoms with Gasteiger partial charge in [0.05, 0.1) is 53.6 Å². The first kappa shape index (κ1) is 28.5. The van der Waals surface area contributed by atoms with E-state index in [4.69, 9.17) is 26.2 Å². The SMILES string of the molecule is COc1c(F)ccc2c1c(CCS(=O)(=O)c1ccc(Cl)s1)nn2Cc1cccc(CNC(=O)C2COCCN2)c1. The van der Waals surface area contributed by atoms with E-state index in [1.54, 1.807) is 16.8 Å². The van der Waals surface area contributed by atoms with Gasteiger partial charge in [0.1, 0.15) is 10.3 Å². The van der Waals surface area contributed by atoms with Crippen LogP contribution in [0, 0.1) is 5.82 Å². The minimum atomic E-state index is -3.61. The number of nitrogens with zero attached hydrogens (tertiary/aromatic N) is 2. The lowest BCUT2D eigenvalue weighted by Gasteiger charge is -2.22. The number of fused-ring (bicyclic) bond motifs is 1. The van der Waals surface area contributed by atoms with Crippen molar-refractivity contribution in [1.82, 2.24) is 20.4 Å². The van der Waals surface area contributed by atoms with Gasteiger partial charge in [-0.1, -0.05) is 35.9 Å². The van der Waals surface area contributed by atoms with E-state index in [1.165, 1.54) is 19.2 Å². The maximum atomic E-state index is 14.7. The molecule has 0 aliphatic carbocycles. The average molecular weight is 607 g/mol. The Kier molecular flexibility index (Phi) is 8.71. The molecule has 0 spiro atoms. The van der Waals surface area contributed by atoms with Gasteiger partial charge in [-0.25, -0.2) is 12.8 Å². The molecule has 1 amide bonds. The van der Waals surface area contributed by atoms with E-state index in [0.717, 1.165) is 22.5 Å². The summed E-state index contributed by atoms with van der Waals surface area (Å²) in [7, 11) is -2.24. The predicted octanol–water partition coefficient (Wildman–Crippen LogP) is 3.57. The van der Waals surface area contributed by atoms with Crippen molar-refractivity contribution in [3.05, 3.63) is 75.5 Å². The monoisotopic (exact) mass is 606 g/mol. The van der Waals surface area contributed by atoms with E-state index in [2.05, 4.69) is 10.6 Å². The number of amides is 1. The number of hydrogen-bond donors (Lipinski definition) is 2. The Morgan fingerprint density at radius 2 is 2.10 bits per heavy atom. The molecule has 1 aliphatic rings. The summed E-state index contributed by atoms with van der Waals surface area (Å²) in [5.74, 6) is -0.876. The second kappa shape index (κ2) is 12.2. The third-order valence-electron chi connectivity index (χ3n) is 6.59. The molecule has 0 saturated carbocycles. The van der Waals surface area contributed by atoms with Crippen molar-refractivity contribution in [2.75, 3.05) is 32.6 Å². The number of rotatable bonds is 10. The highest BCUT2D eigenvalue weighted by Gasteiger charge is 2.23. The summed E-state index contributed by atoms with van der Waals surface area (Å²) < 4.78 is 53.5. The Hall–Kier alpha value is -3.03. The summed E-state index contributed by atoms with van der Waals surface area (Å²) in [5.41, 5.74) is 2.85. The quantitative estimate of drug-likeness (QED) is 0.284. The number of aryl methyl sites for hydroxylation is 1. The minimum Gasteiger partial charge on any atom is -0.493 e. The second-order valence-electron chi connectivity index (χ2n) is 9.33. The fourth-order valence-corrected chi connectivity index (χ4v) is 7.52. The van der Waals surface area contributed by atoms with Crippen LogP contribution >= 0.6 is 22.9 Å². The molecule has 0 bridgehead atoms. The molecule has 1 fully saturated rings. The van der Waals surface area contributed by atoms with Crippen molar-refractivity contribution in [2.24, 2.45) is 0 Å². The molecule has 1 saturated heterocycles. The summed E-state index contributed by atoms with van der Waals surface area (Å²) in [6, 6.07) is 13.3. The zero-order valence-corrected chi connectivity index (χ0v) is 24.0. The Labute approximate surface area is 240 Å². The highest BCUT2D eigenvalue weighted by atomic mass is 35.5. The van der Waals surface area contributed by atoms with Crippen molar-refractivity contribution in [2.45, 2.75) is 29.8 Å². The van der Waals surface area contributed by atoms with Crippen LogP contribution in [0.3, 0.4) is 0 Å². The van der Waals surface area contributed by atoms with Crippen molar-refractivity contribution in [3.63, 3.8) is 0 Å². The fourth-order valence-electron chi connectivity index (χ4n) is 4.64. The molecule has 13 heteroatoms. The van der Waals surface area contributed by atoms with Gasteiger partial charge in [-0.2, -0.15) is 5.10 Å². The van der Waals surface area contributed by atoms with Gasteiger partial charge in [0.2, 0.25) is 5.91 Å². The molecule has 4 aromatic rings. The maximum absolute atomic E-state index is 14.7. The number of sulfone groups is 1. The maximum Gasteiger partial charge on any atom is 0.239 e. The Morgan fingerprint density at radius 3 is 2.83 bits per heavy atom. The third-order valence-corrected chi connectivity index (χ3v) is 10.1. The molecule has 40 heavy (non-hydrogen) atoms. The number of thiophene rings is 1. The average Bonchev–Trinajstić information content (AvgIpc) is 3.55. The fraction of sp³-hybridized carbons (Fsp3) is 0.333. The summed E-state index contributed by atoms with van der Waals surface area (Å²) in [5, 5.41) is 11.2. The summed E-state index contributed by atoms with van der Waals surface area (Å²) in [6.45, 7) is 2.26. The number of carbonyl (C=O) groups excluding carboxylic acids is 1. The Bertz CT molecular complexity index is 1630. The lowest BCUT2D eigenvalue weighted by Crippen LogP contribution is -2.51. The van der Waals surface area contributed by atoms with Crippen LogP contribution in [-0.4, -0.2) is 62.8 Å². The van der Waals surface area contributed by atoms with Crippen LogP contribution in [0.4, 0.5) is 4.39 Å². The molecule has 1 aliphatic heterocycles. The van der Waals surface area contributed by atoms with Crippen LogP contribution in [0.25, 0.3) is 10.9 Å². The van der Waals surface area contributed by atoms with Gasteiger partial charge in [0.15, 0.2) is 21.4 Å². The summed E-state index contributed by atoms with van der Waals surface area (Å²) in [4.78, 5) is 12.4. The number of aromatic nitrogens is 2. The lowest BCUT2D eigenvalue weighted by molar-refractivity contribution is -0.126. The van der Waals surface area contributed by atoms with Crippen molar-refractivity contribution in [3.8, 4) is 5.75 Å². The standard InChI is InChI=1S/C27H28ClFN4O5S2/c1-37-26-19(29)5-6-22-25(26)20(9-12-40(35,36)24-8-7-23(28)39-24)32-33(22)15-18-4-2-3-17(13-18)14-31-27(34)21-16-38-11-10-30-21/h2-8,13,21,30H,9-12,14-16H2,1H3,(H,31,34). The normalized spacial score (nSPS) is 15.8. The van der Waals surface area contributed by atoms with Gasteiger partial charge in [-0.3, -0.25) is 9.48 Å². The number of morpholine rings is 1. The van der Waals surface area contributed by atoms with E-state index in [0.29, 0.717) is 53.8 Å². The van der Waals surface area contributed by atoms with Crippen LogP contribution in [0.1, 0.15) is 16.8 Å². The van der Waals surface area contributed by atoms with Crippen molar-refractivity contribution < 1.29 is 27.1 Å². The number of ether oxygens (including phenoxy) is 2. The first-order valence-corrected chi connectivity index (χ1v) is 15.5. The molecule has 2 N–H and O–H groups in total. The molecule has 2 aromatic heterocycles. The summed E-state index contributed by atoms with van der Waals surface area (Å²) >= 11 is 6.93. The van der Waals surface area contributed by atoms with Gasteiger partial charge in [-0.15, -0.1) is 11.3 Å². The molecule has 9 nitrogen and oxygen atoms in total. The zero-order chi connectivity index (χ0) is 28.3. The highest BCUT2D eigenvalue weighted by Crippen LogP contribution is 2.33. The Balaban J connectivity index is 1.37. The molecule has 212 valence electrons. The summed E-state index contributed by atoms with van der Waals surface area (Å²) in [6.07, 6.45) is 0.0617. The Morgan fingerprint density at radius 1 is 1.27 bits per heavy atom. The topological polar surface area (TPSA) is 112 Å². The first-order valence-electron chi connectivity index (χ1n) is 12.6. The number of halogens is 2. The van der Waals surface area contributed by atoms with E-state index < -0.39 is 15.7 Å². The van der Waals surface area contributed by atoms with Gasteiger partial charge in [-0.05, 0) is 35.4 Å². The van der Waals surface area contributed by atoms with E-state index in [1.807, 2.05) is 24.3 Å². The van der Waals surface area contributed by atoms with Crippen LogP contribution in [0.2, 0.25) is 4.34 Å². The molecule has 5 rings (SSSR count). The van der Waals surface area contributed by atoms with Crippen LogP contribution in [0.5, 0.6) is 5.75 Å². The van der Waals surface area contributed by atoms with Gasteiger partial charge < -0.3 is 20.1 Å². The largest absolute Gasteiger partial charge is 0.493 e. The van der Waals surface area contributed by atoms with E-state index >= 15 is 0 Å². The van der Waals surface area contributed by atoms with Crippen LogP contribution in [0.15, 0.2) is 52.7 Å². The smallest absolute Gasteiger partial charge is 0.239 e. The molecule has 1 atom stereocenters. The lowest BCUT2D eigenvalue weighted by atomic mass is 10.1. The predicted molar refractivity (Wildman–Crippen MR) is 151 cm³/mol. The molecular formula is C27H28ClFN4O5S2. The highest BCUT2D eigenvalue weighted by molar-refractivity contribution is 7.93. The number of benzene rings is 2. The first-order chi connectivity index (χ1) is 19.2. The van der Waals surface area contributed by atoms with Crippen molar-refractivity contribution in [1.29, 1.82) is 0 Å². The second-order valence-corrected chi connectivity index (χ2v) is 13.4. The number of hydrogen-bond acceptors (Lipinski definition) is 8. The van der Waals surface area contributed by atoms with Crippen molar-refractivity contribution >= 4 is 49.6 Å². The van der Waals surface area contributed by atoms with Gasteiger partial charge in [0.25, 0.3) is 0 Å². The molecule has 2 aromatic carbocycles. The number of nitrogens with one attached hydrogen (secondary N) is 2. The molecular weight excluding hydrogens is 579 g/mol. The van der Waals surface area contributed by atoms with Gasteiger partial charge >= 0.3 is 0 Å². The third kappa shape index (κ3) is 6.31.